The van der Waals surface area contributed by atoms with Gasteiger partial charge in [-0.15, -0.1) is 0 Å². The molecule has 0 bridgehead atoms. The maximum Gasteiger partial charge on any atom is 0.341 e. The van der Waals surface area contributed by atoms with Crippen molar-refractivity contribution in [3.63, 3.8) is 0 Å². The third-order valence-corrected chi connectivity index (χ3v) is 2.92. The van der Waals surface area contributed by atoms with Crippen molar-refractivity contribution in [3.8, 4) is 0 Å². The summed E-state index contributed by atoms with van der Waals surface area (Å²) in [5, 5.41) is 8.29. The molecule has 2 heterocycles. The molecule has 126 valence electrons. The molecule has 0 radical (unpaired) electrons. The Bertz CT molecular complexity index is 706. The van der Waals surface area contributed by atoms with Crippen LogP contribution in [-0.4, -0.2) is 35.1 Å². The van der Waals surface area contributed by atoms with Crippen LogP contribution in [0.25, 0.3) is 0 Å². The Morgan fingerprint density at radius 1 is 1.25 bits per heavy atom. The minimum Gasteiger partial charge on any atom is -0.462 e. The molecular formula is C16H19N5O3. The van der Waals surface area contributed by atoms with Crippen molar-refractivity contribution in [1.29, 1.82) is 0 Å². The Labute approximate surface area is 139 Å². The van der Waals surface area contributed by atoms with Crippen LogP contribution in [0.5, 0.6) is 0 Å². The Kier molecular flexibility index (Phi) is 6.07. The van der Waals surface area contributed by atoms with Gasteiger partial charge in [-0.2, -0.15) is 0 Å². The van der Waals surface area contributed by atoms with E-state index >= 15 is 0 Å². The van der Waals surface area contributed by atoms with Crippen molar-refractivity contribution in [1.82, 2.24) is 15.3 Å². The Morgan fingerprint density at radius 3 is 2.75 bits per heavy atom. The van der Waals surface area contributed by atoms with Crippen LogP contribution in [-0.2, 0) is 4.74 Å². The zero-order valence-corrected chi connectivity index (χ0v) is 13.5. The van der Waals surface area contributed by atoms with E-state index in [2.05, 4.69) is 25.9 Å². The number of pyridine rings is 2. The number of carbonyl (C=O) groups excluding carboxylic acids is 2. The summed E-state index contributed by atoms with van der Waals surface area (Å²) in [6.45, 7) is 4.29. The molecule has 0 atom stereocenters. The summed E-state index contributed by atoms with van der Waals surface area (Å²) in [6.07, 6.45) is 4.62. The fourth-order valence-electron chi connectivity index (χ4n) is 1.91. The smallest absolute Gasteiger partial charge is 0.341 e. The molecule has 24 heavy (non-hydrogen) atoms. The molecule has 3 N–H and O–H groups in total. The third-order valence-electron chi connectivity index (χ3n) is 2.92. The van der Waals surface area contributed by atoms with Crippen LogP contribution in [0.1, 0.15) is 24.2 Å². The lowest BCUT2D eigenvalue weighted by molar-refractivity contribution is 0.0527. The van der Waals surface area contributed by atoms with Gasteiger partial charge >= 0.3 is 12.0 Å². The molecule has 0 spiro atoms. The number of ether oxygens (including phenoxy) is 1. The first-order valence-electron chi connectivity index (χ1n) is 7.53. The van der Waals surface area contributed by atoms with Crippen molar-refractivity contribution in [2.45, 2.75) is 13.8 Å². The van der Waals surface area contributed by atoms with Gasteiger partial charge in [-0.3, -0.25) is 10.3 Å². The average Bonchev–Trinajstić information content (AvgIpc) is 2.56. The zero-order chi connectivity index (χ0) is 17.4. The fraction of sp³-hybridized carbons (Fsp3) is 0.250. The summed E-state index contributed by atoms with van der Waals surface area (Å²) >= 11 is 0. The van der Waals surface area contributed by atoms with Gasteiger partial charge in [0.1, 0.15) is 11.4 Å². The number of amides is 2. The lowest BCUT2D eigenvalue weighted by atomic mass is 10.2. The van der Waals surface area contributed by atoms with Crippen molar-refractivity contribution in [3.05, 3.63) is 42.4 Å². The summed E-state index contributed by atoms with van der Waals surface area (Å²) in [4.78, 5) is 31.8. The second-order valence-corrected chi connectivity index (χ2v) is 4.69. The van der Waals surface area contributed by atoms with Gasteiger partial charge < -0.3 is 15.4 Å². The molecule has 0 fully saturated rings. The number of anilines is 3. The van der Waals surface area contributed by atoms with E-state index in [9.17, 15) is 9.59 Å². The molecule has 0 aliphatic rings. The fourth-order valence-corrected chi connectivity index (χ4v) is 1.91. The number of esters is 1. The number of urea groups is 1. The molecule has 8 heteroatoms. The molecule has 2 rings (SSSR count). The van der Waals surface area contributed by atoms with Crippen LogP contribution in [0.15, 0.2) is 36.8 Å². The minimum atomic E-state index is -0.499. The van der Waals surface area contributed by atoms with Gasteiger partial charge in [0.05, 0.1) is 24.2 Å². The Balaban J connectivity index is 2.30. The van der Waals surface area contributed by atoms with Gasteiger partial charge in [0.25, 0.3) is 0 Å². The van der Waals surface area contributed by atoms with E-state index in [1.165, 1.54) is 6.20 Å². The second kappa shape index (κ2) is 8.47. The number of aromatic nitrogens is 2. The van der Waals surface area contributed by atoms with E-state index < -0.39 is 5.97 Å². The van der Waals surface area contributed by atoms with E-state index in [1.807, 2.05) is 6.92 Å². The van der Waals surface area contributed by atoms with E-state index in [4.69, 9.17) is 4.74 Å². The van der Waals surface area contributed by atoms with Crippen LogP contribution < -0.4 is 16.0 Å². The first kappa shape index (κ1) is 17.2. The van der Waals surface area contributed by atoms with Crippen LogP contribution in [0.3, 0.4) is 0 Å². The SMILES string of the molecule is CCNC(=O)Nc1cc(Nc2cccnc2)c(C(=O)OCC)cn1. The van der Waals surface area contributed by atoms with Crippen LogP contribution in [0, 0.1) is 0 Å². The normalized spacial score (nSPS) is 9.92. The van der Waals surface area contributed by atoms with Crippen LogP contribution >= 0.6 is 0 Å². The van der Waals surface area contributed by atoms with Gasteiger partial charge in [-0.05, 0) is 26.0 Å². The van der Waals surface area contributed by atoms with Gasteiger partial charge in [-0.25, -0.2) is 14.6 Å². The maximum absolute atomic E-state index is 12.1. The van der Waals surface area contributed by atoms with E-state index in [1.54, 1.807) is 37.5 Å². The predicted octanol–water partition coefficient (Wildman–Crippen LogP) is 2.54. The van der Waals surface area contributed by atoms with Crippen LogP contribution in [0.2, 0.25) is 0 Å². The van der Waals surface area contributed by atoms with Gasteiger partial charge in [0, 0.05) is 25.0 Å². The largest absolute Gasteiger partial charge is 0.462 e. The third kappa shape index (κ3) is 4.67. The molecule has 0 aromatic carbocycles. The molecule has 2 aromatic heterocycles. The molecule has 0 saturated heterocycles. The summed E-state index contributed by atoms with van der Waals surface area (Å²) in [5.41, 5.74) is 1.42. The number of hydrogen-bond acceptors (Lipinski definition) is 6. The highest BCUT2D eigenvalue weighted by molar-refractivity contribution is 5.97. The minimum absolute atomic E-state index is 0.254. The molecule has 0 aliphatic heterocycles. The standard InChI is InChI=1S/C16H19N5O3/c1-3-18-16(23)21-14-8-13(20-11-6-5-7-17-9-11)12(10-19-14)15(22)24-4-2/h5-10H,3-4H2,1-2H3,(H3,18,19,20,21,23). The van der Waals surface area contributed by atoms with E-state index in [0.29, 0.717) is 23.7 Å². The monoisotopic (exact) mass is 329 g/mol. The number of carbonyl (C=O) groups is 2. The topological polar surface area (TPSA) is 105 Å². The summed E-state index contributed by atoms with van der Waals surface area (Å²) in [5.74, 6) is -0.193. The average molecular weight is 329 g/mol. The predicted molar refractivity (Wildman–Crippen MR) is 90.4 cm³/mol. The van der Waals surface area contributed by atoms with Crippen molar-refractivity contribution in [2.24, 2.45) is 0 Å². The maximum atomic E-state index is 12.1. The second-order valence-electron chi connectivity index (χ2n) is 4.69. The summed E-state index contributed by atoms with van der Waals surface area (Å²) in [7, 11) is 0. The summed E-state index contributed by atoms with van der Waals surface area (Å²) < 4.78 is 5.03. The van der Waals surface area contributed by atoms with Gasteiger partial charge in [-0.1, -0.05) is 0 Å². The summed E-state index contributed by atoms with van der Waals surface area (Å²) in [6, 6.07) is 4.76. The van der Waals surface area contributed by atoms with Crippen molar-refractivity contribution in [2.75, 3.05) is 23.8 Å². The Morgan fingerprint density at radius 2 is 2.08 bits per heavy atom. The zero-order valence-electron chi connectivity index (χ0n) is 13.5. The number of nitrogens with one attached hydrogen (secondary N) is 3. The van der Waals surface area contributed by atoms with E-state index in [0.717, 1.165) is 0 Å². The molecule has 0 unspecified atom stereocenters. The molecule has 2 amide bonds. The number of nitrogens with zero attached hydrogens (tertiary/aromatic N) is 2. The molecule has 8 nitrogen and oxygen atoms in total. The lowest BCUT2D eigenvalue weighted by Gasteiger charge is -2.13. The van der Waals surface area contributed by atoms with Gasteiger partial charge in [0.2, 0.25) is 0 Å². The molecular weight excluding hydrogens is 310 g/mol. The Hall–Kier alpha value is -3.16. The lowest BCUT2D eigenvalue weighted by Crippen LogP contribution is -2.28. The van der Waals surface area contributed by atoms with Crippen molar-refractivity contribution >= 4 is 29.2 Å². The van der Waals surface area contributed by atoms with Crippen molar-refractivity contribution < 1.29 is 14.3 Å². The van der Waals surface area contributed by atoms with Gasteiger partial charge in [0.15, 0.2) is 0 Å². The van der Waals surface area contributed by atoms with Crippen LogP contribution in [0.4, 0.5) is 22.0 Å². The first-order valence-corrected chi connectivity index (χ1v) is 7.53. The highest BCUT2D eigenvalue weighted by Crippen LogP contribution is 2.23. The molecule has 2 aromatic rings. The number of hydrogen-bond donors (Lipinski definition) is 3. The quantitative estimate of drug-likeness (QED) is 0.703. The number of rotatable bonds is 6. The van der Waals surface area contributed by atoms with E-state index in [-0.39, 0.29) is 18.2 Å². The highest BCUT2D eigenvalue weighted by atomic mass is 16.5. The highest BCUT2D eigenvalue weighted by Gasteiger charge is 2.15. The first-order chi connectivity index (χ1) is 11.6. The molecule has 0 saturated carbocycles. The molecule has 0 aliphatic carbocycles.